The molecule has 0 bridgehead atoms. The van der Waals surface area contributed by atoms with Crippen LogP contribution >= 0.6 is 0 Å². The molecular formula is C21H24N2O3. The standard InChI is InChI=1S/C21H24N2O3/c1-4-22-20(24)19-13-16-7-5-6-8-18(16)23(19)21(25)15-9-11-17(12-10-15)26-14(2)3/h5-12,14,19H,4,13H2,1-3H3,(H,22,24). The summed E-state index contributed by atoms with van der Waals surface area (Å²) in [5.74, 6) is 0.415. The number of ether oxygens (including phenoxy) is 1. The first kappa shape index (κ1) is 18.0. The minimum absolute atomic E-state index is 0.0733. The van der Waals surface area contributed by atoms with Gasteiger partial charge in [0.05, 0.1) is 6.10 Å². The molecule has 3 rings (SSSR count). The van der Waals surface area contributed by atoms with Crippen LogP contribution < -0.4 is 15.0 Å². The van der Waals surface area contributed by atoms with Gasteiger partial charge in [-0.1, -0.05) is 18.2 Å². The molecule has 1 heterocycles. The SMILES string of the molecule is CCNC(=O)C1Cc2ccccc2N1C(=O)c1ccc(OC(C)C)cc1. The van der Waals surface area contributed by atoms with E-state index in [9.17, 15) is 9.59 Å². The molecule has 136 valence electrons. The van der Waals surface area contributed by atoms with Crippen LogP contribution in [0, 0.1) is 0 Å². The van der Waals surface area contributed by atoms with Crippen molar-refractivity contribution in [2.75, 3.05) is 11.4 Å². The minimum Gasteiger partial charge on any atom is -0.491 e. The summed E-state index contributed by atoms with van der Waals surface area (Å²) >= 11 is 0. The van der Waals surface area contributed by atoms with Gasteiger partial charge in [-0.05, 0) is 56.7 Å². The first-order chi connectivity index (χ1) is 12.5. The average Bonchev–Trinajstić information content (AvgIpc) is 3.01. The van der Waals surface area contributed by atoms with Gasteiger partial charge in [-0.25, -0.2) is 0 Å². The molecular weight excluding hydrogens is 328 g/mol. The molecule has 0 aromatic heterocycles. The zero-order valence-corrected chi connectivity index (χ0v) is 15.4. The number of rotatable bonds is 5. The molecule has 0 radical (unpaired) electrons. The Morgan fingerprint density at radius 3 is 2.50 bits per heavy atom. The molecule has 2 aromatic carbocycles. The Hall–Kier alpha value is -2.82. The van der Waals surface area contributed by atoms with Gasteiger partial charge in [0.1, 0.15) is 11.8 Å². The summed E-state index contributed by atoms with van der Waals surface area (Å²) in [5, 5.41) is 2.84. The second-order valence-electron chi connectivity index (χ2n) is 6.61. The van der Waals surface area contributed by atoms with Crippen LogP contribution in [0.25, 0.3) is 0 Å². The highest BCUT2D eigenvalue weighted by molar-refractivity contribution is 6.11. The Labute approximate surface area is 154 Å². The first-order valence-corrected chi connectivity index (χ1v) is 8.97. The number of para-hydroxylation sites is 1. The van der Waals surface area contributed by atoms with Gasteiger partial charge < -0.3 is 10.1 Å². The number of anilines is 1. The van der Waals surface area contributed by atoms with Gasteiger partial charge in [0.2, 0.25) is 5.91 Å². The zero-order chi connectivity index (χ0) is 18.7. The number of nitrogens with zero attached hydrogens (tertiary/aromatic N) is 1. The van der Waals surface area contributed by atoms with Crippen molar-refractivity contribution < 1.29 is 14.3 Å². The van der Waals surface area contributed by atoms with Crippen LogP contribution in [0.3, 0.4) is 0 Å². The maximum Gasteiger partial charge on any atom is 0.259 e. The van der Waals surface area contributed by atoms with Crippen LogP contribution in [-0.2, 0) is 11.2 Å². The molecule has 0 spiro atoms. The van der Waals surface area contributed by atoms with Crippen molar-refractivity contribution in [3.8, 4) is 5.75 Å². The van der Waals surface area contributed by atoms with Crippen molar-refractivity contribution in [1.29, 1.82) is 0 Å². The number of fused-ring (bicyclic) bond motifs is 1. The van der Waals surface area contributed by atoms with Gasteiger partial charge in [-0.2, -0.15) is 0 Å². The number of likely N-dealkylation sites (N-methyl/N-ethyl adjacent to an activating group) is 1. The number of hydrogen-bond acceptors (Lipinski definition) is 3. The van der Waals surface area contributed by atoms with Gasteiger partial charge in [0.25, 0.3) is 5.91 Å². The second-order valence-corrected chi connectivity index (χ2v) is 6.61. The van der Waals surface area contributed by atoms with Gasteiger partial charge >= 0.3 is 0 Å². The average molecular weight is 352 g/mol. The Morgan fingerprint density at radius 2 is 1.85 bits per heavy atom. The number of carbonyl (C=O) groups is 2. The van der Waals surface area contributed by atoms with E-state index in [-0.39, 0.29) is 17.9 Å². The molecule has 1 aliphatic rings. The summed E-state index contributed by atoms with van der Waals surface area (Å²) in [6.45, 7) is 6.32. The third kappa shape index (κ3) is 3.57. The number of carbonyl (C=O) groups excluding carboxylic acids is 2. The quantitative estimate of drug-likeness (QED) is 0.899. The van der Waals surface area contributed by atoms with E-state index in [1.807, 2.05) is 45.0 Å². The Bertz CT molecular complexity index is 799. The molecule has 0 saturated heterocycles. The molecule has 26 heavy (non-hydrogen) atoms. The normalized spacial score (nSPS) is 15.7. The number of benzene rings is 2. The first-order valence-electron chi connectivity index (χ1n) is 8.97. The molecule has 1 atom stereocenters. The molecule has 0 aliphatic carbocycles. The lowest BCUT2D eigenvalue weighted by molar-refractivity contribution is -0.122. The predicted octanol–water partition coefficient (Wildman–Crippen LogP) is 3.18. The Balaban J connectivity index is 1.90. The van der Waals surface area contributed by atoms with Crippen LogP contribution in [0.4, 0.5) is 5.69 Å². The van der Waals surface area contributed by atoms with Crippen LogP contribution in [0.5, 0.6) is 5.75 Å². The maximum atomic E-state index is 13.2. The van der Waals surface area contributed by atoms with Crippen LogP contribution in [0.15, 0.2) is 48.5 Å². The molecule has 1 N–H and O–H groups in total. The van der Waals surface area contributed by atoms with Crippen molar-refractivity contribution in [3.63, 3.8) is 0 Å². The lowest BCUT2D eigenvalue weighted by Gasteiger charge is -2.25. The van der Waals surface area contributed by atoms with Crippen LogP contribution in [0.1, 0.15) is 36.7 Å². The summed E-state index contributed by atoms with van der Waals surface area (Å²) in [4.78, 5) is 27.3. The molecule has 0 saturated carbocycles. The van der Waals surface area contributed by atoms with Crippen molar-refractivity contribution in [3.05, 3.63) is 59.7 Å². The number of nitrogens with one attached hydrogen (secondary N) is 1. The lowest BCUT2D eigenvalue weighted by Crippen LogP contribution is -2.48. The monoisotopic (exact) mass is 352 g/mol. The summed E-state index contributed by atoms with van der Waals surface area (Å²) in [5.41, 5.74) is 2.35. The molecule has 2 amide bonds. The van der Waals surface area contributed by atoms with Crippen molar-refractivity contribution in [2.24, 2.45) is 0 Å². The van der Waals surface area contributed by atoms with Crippen LogP contribution in [-0.4, -0.2) is 30.5 Å². The topological polar surface area (TPSA) is 58.6 Å². The van der Waals surface area contributed by atoms with Gasteiger partial charge in [0, 0.05) is 24.2 Å². The molecule has 5 nitrogen and oxygen atoms in total. The summed E-state index contributed by atoms with van der Waals surface area (Å²) in [6.07, 6.45) is 0.603. The second kappa shape index (κ2) is 7.60. The van der Waals surface area contributed by atoms with Gasteiger partial charge in [-0.15, -0.1) is 0 Å². The van der Waals surface area contributed by atoms with Crippen molar-refractivity contribution in [2.45, 2.75) is 39.3 Å². The highest BCUT2D eigenvalue weighted by atomic mass is 16.5. The fourth-order valence-electron chi connectivity index (χ4n) is 3.23. The molecule has 2 aromatic rings. The van der Waals surface area contributed by atoms with E-state index in [2.05, 4.69) is 5.32 Å². The van der Waals surface area contributed by atoms with Crippen LogP contribution in [0.2, 0.25) is 0 Å². The maximum absolute atomic E-state index is 13.2. The zero-order valence-electron chi connectivity index (χ0n) is 15.4. The number of hydrogen-bond donors (Lipinski definition) is 1. The molecule has 5 heteroatoms. The van der Waals surface area contributed by atoms with E-state index >= 15 is 0 Å². The summed E-state index contributed by atoms with van der Waals surface area (Å²) < 4.78 is 5.63. The van der Waals surface area contributed by atoms with E-state index in [1.165, 1.54) is 0 Å². The summed E-state index contributed by atoms with van der Waals surface area (Å²) in [6, 6.07) is 14.2. The molecule has 1 unspecified atom stereocenters. The summed E-state index contributed by atoms with van der Waals surface area (Å²) in [7, 11) is 0. The van der Waals surface area contributed by atoms with Gasteiger partial charge in [-0.3, -0.25) is 14.5 Å². The third-order valence-electron chi connectivity index (χ3n) is 4.32. The van der Waals surface area contributed by atoms with E-state index in [4.69, 9.17) is 4.74 Å². The highest BCUT2D eigenvalue weighted by Gasteiger charge is 2.38. The molecule has 0 fully saturated rings. The minimum atomic E-state index is -0.522. The Morgan fingerprint density at radius 1 is 1.15 bits per heavy atom. The smallest absolute Gasteiger partial charge is 0.259 e. The number of amides is 2. The highest BCUT2D eigenvalue weighted by Crippen LogP contribution is 2.33. The molecule has 1 aliphatic heterocycles. The van der Waals surface area contributed by atoms with E-state index in [0.717, 1.165) is 17.0 Å². The van der Waals surface area contributed by atoms with E-state index in [0.29, 0.717) is 18.5 Å². The van der Waals surface area contributed by atoms with Gasteiger partial charge in [0.15, 0.2) is 0 Å². The van der Waals surface area contributed by atoms with Crippen molar-refractivity contribution in [1.82, 2.24) is 5.32 Å². The third-order valence-corrected chi connectivity index (χ3v) is 4.32. The lowest BCUT2D eigenvalue weighted by atomic mass is 10.1. The van der Waals surface area contributed by atoms with E-state index in [1.54, 1.807) is 29.2 Å². The fourth-order valence-corrected chi connectivity index (χ4v) is 3.23. The largest absolute Gasteiger partial charge is 0.491 e. The fraction of sp³-hybridized carbons (Fsp3) is 0.333. The predicted molar refractivity (Wildman–Crippen MR) is 102 cm³/mol. The van der Waals surface area contributed by atoms with Crippen molar-refractivity contribution >= 4 is 17.5 Å². The Kier molecular flexibility index (Phi) is 5.26. The van der Waals surface area contributed by atoms with E-state index < -0.39 is 6.04 Å².